The number of aliphatic imine (C=N–C) groups is 1. The molecule has 1 amide bonds. The first-order valence-electron chi connectivity index (χ1n) is 9.02. The number of amides is 1. The normalized spacial score (nSPS) is 10.8. The minimum absolute atomic E-state index is 0.000266. The number of halogens is 1. The summed E-state index contributed by atoms with van der Waals surface area (Å²) in [4.78, 5) is 16.3. The molecule has 142 valence electrons. The SMILES string of the molecule is O=C(COc1ccc(C=Nc2cccc(Br)c2)cc1)NCCc1ccccc1. The van der Waals surface area contributed by atoms with Gasteiger partial charge in [0.15, 0.2) is 6.61 Å². The third-order valence-corrected chi connectivity index (χ3v) is 4.49. The van der Waals surface area contributed by atoms with Gasteiger partial charge in [-0.2, -0.15) is 0 Å². The van der Waals surface area contributed by atoms with E-state index >= 15 is 0 Å². The summed E-state index contributed by atoms with van der Waals surface area (Å²) in [6, 6.07) is 25.3. The number of nitrogens with one attached hydrogen (secondary N) is 1. The van der Waals surface area contributed by atoms with Crippen LogP contribution in [0.2, 0.25) is 0 Å². The van der Waals surface area contributed by atoms with Crippen LogP contribution in [0.25, 0.3) is 0 Å². The van der Waals surface area contributed by atoms with E-state index in [4.69, 9.17) is 4.74 Å². The van der Waals surface area contributed by atoms with Gasteiger partial charge in [-0.15, -0.1) is 0 Å². The van der Waals surface area contributed by atoms with Gasteiger partial charge in [0.25, 0.3) is 5.91 Å². The van der Waals surface area contributed by atoms with Crippen molar-refractivity contribution in [3.05, 3.63) is 94.5 Å². The van der Waals surface area contributed by atoms with E-state index < -0.39 is 0 Å². The van der Waals surface area contributed by atoms with Crippen LogP contribution in [0.4, 0.5) is 5.69 Å². The molecule has 0 fully saturated rings. The second kappa shape index (κ2) is 10.4. The van der Waals surface area contributed by atoms with E-state index in [1.54, 1.807) is 6.21 Å². The summed E-state index contributed by atoms with van der Waals surface area (Å²) in [5, 5.41) is 2.87. The molecule has 0 saturated carbocycles. The van der Waals surface area contributed by atoms with Gasteiger partial charge < -0.3 is 10.1 Å². The average Bonchev–Trinajstić information content (AvgIpc) is 2.72. The predicted molar refractivity (Wildman–Crippen MR) is 116 cm³/mol. The summed E-state index contributed by atoms with van der Waals surface area (Å²) in [6.45, 7) is 0.595. The van der Waals surface area contributed by atoms with Crippen LogP contribution in [-0.4, -0.2) is 25.3 Å². The molecule has 0 radical (unpaired) electrons. The van der Waals surface area contributed by atoms with Crippen LogP contribution in [0.1, 0.15) is 11.1 Å². The lowest BCUT2D eigenvalue weighted by Gasteiger charge is -2.08. The van der Waals surface area contributed by atoms with Gasteiger partial charge in [-0.1, -0.05) is 52.3 Å². The van der Waals surface area contributed by atoms with E-state index in [1.807, 2.05) is 78.9 Å². The predicted octanol–water partition coefficient (Wildman–Crippen LogP) is 4.94. The Bertz CT molecular complexity index is 925. The van der Waals surface area contributed by atoms with Gasteiger partial charge in [0.1, 0.15) is 5.75 Å². The summed E-state index contributed by atoms with van der Waals surface area (Å²) in [7, 11) is 0. The monoisotopic (exact) mass is 436 g/mol. The third-order valence-electron chi connectivity index (χ3n) is 4.00. The highest BCUT2D eigenvalue weighted by Gasteiger charge is 2.02. The van der Waals surface area contributed by atoms with Gasteiger partial charge >= 0.3 is 0 Å². The molecule has 28 heavy (non-hydrogen) atoms. The summed E-state index contributed by atoms with van der Waals surface area (Å²) in [5.41, 5.74) is 3.03. The number of hydrogen-bond donors (Lipinski definition) is 1. The average molecular weight is 437 g/mol. The zero-order chi connectivity index (χ0) is 19.6. The molecule has 0 bridgehead atoms. The molecule has 0 aliphatic heterocycles. The molecule has 3 aromatic rings. The van der Waals surface area contributed by atoms with E-state index in [-0.39, 0.29) is 12.5 Å². The first-order chi connectivity index (χ1) is 13.7. The summed E-state index contributed by atoms with van der Waals surface area (Å²) >= 11 is 3.43. The molecule has 0 atom stereocenters. The molecule has 0 heterocycles. The number of rotatable bonds is 8. The number of carbonyl (C=O) groups excluding carboxylic acids is 1. The van der Waals surface area contributed by atoms with Crippen molar-refractivity contribution in [1.82, 2.24) is 5.32 Å². The van der Waals surface area contributed by atoms with Crippen LogP contribution in [0, 0.1) is 0 Å². The molecule has 0 spiro atoms. The molecule has 0 aromatic heterocycles. The minimum Gasteiger partial charge on any atom is -0.484 e. The molecule has 4 nitrogen and oxygen atoms in total. The minimum atomic E-state index is -0.128. The maximum atomic E-state index is 11.9. The van der Waals surface area contributed by atoms with E-state index in [0.717, 1.165) is 22.1 Å². The summed E-state index contributed by atoms with van der Waals surface area (Å²) in [6.07, 6.45) is 2.60. The first-order valence-corrected chi connectivity index (χ1v) is 9.81. The molecule has 3 aromatic carbocycles. The quantitative estimate of drug-likeness (QED) is 0.508. The molecule has 5 heteroatoms. The van der Waals surface area contributed by atoms with Gasteiger partial charge in [0.05, 0.1) is 5.69 Å². The Labute approximate surface area is 173 Å². The summed E-state index contributed by atoms with van der Waals surface area (Å²) in [5.74, 6) is 0.522. The van der Waals surface area contributed by atoms with Crippen molar-refractivity contribution in [2.45, 2.75) is 6.42 Å². The number of ether oxygens (including phenoxy) is 1. The molecule has 0 unspecified atom stereocenters. The maximum absolute atomic E-state index is 11.9. The van der Waals surface area contributed by atoms with Crippen LogP contribution in [0.15, 0.2) is 88.3 Å². The Morgan fingerprint density at radius 2 is 1.79 bits per heavy atom. The molecule has 0 aliphatic carbocycles. The number of nitrogens with zero attached hydrogens (tertiary/aromatic N) is 1. The highest BCUT2D eigenvalue weighted by Crippen LogP contribution is 2.18. The molecule has 3 rings (SSSR count). The van der Waals surface area contributed by atoms with Gasteiger partial charge in [-0.3, -0.25) is 9.79 Å². The van der Waals surface area contributed by atoms with Crippen molar-refractivity contribution in [3.8, 4) is 5.75 Å². The lowest BCUT2D eigenvalue weighted by molar-refractivity contribution is -0.123. The molecular weight excluding hydrogens is 416 g/mol. The van der Waals surface area contributed by atoms with Crippen molar-refractivity contribution in [1.29, 1.82) is 0 Å². The highest BCUT2D eigenvalue weighted by atomic mass is 79.9. The summed E-state index contributed by atoms with van der Waals surface area (Å²) < 4.78 is 6.53. The van der Waals surface area contributed by atoms with Crippen LogP contribution in [-0.2, 0) is 11.2 Å². The Balaban J connectivity index is 1.42. The van der Waals surface area contributed by atoms with Gasteiger partial charge in [0, 0.05) is 17.2 Å². The largest absolute Gasteiger partial charge is 0.484 e. The first kappa shape index (κ1) is 19.8. The standard InChI is InChI=1S/C23H21BrN2O2/c24-20-7-4-8-21(15-20)26-16-19-9-11-22(12-10-19)28-17-23(27)25-14-13-18-5-2-1-3-6-18/h1-12,15-16H,13-14,17H2,(H,25,27). The smallest absolute Gasteiger partial charge is 0.257 e. The Morgan fingerprint density at radius 3 is 2.54 bits per heavy atom. The Kier molecular flexibility index (Phi) is 7.38. The van der Waals surface area contributed by atoms with Crippen molar-refractivity contribution >= 4 is 33.7 Å². The van der Waals surface area contributed by atoms with Crippen LogP contribution in [0.5, 0.6) is 5.75 Å². The topological polar surface area (TPSA) is 50.7 Å². The molecular formula is C23H21BrN2O2. The lowest BCUT2D eigenvalue weighted by atomic mass is 10.1. The number of carbonyl (C=O) groups is 1. The van der Waals surface area contributed by atoms with Gasteiger partial charge in [0.2, 0.25) is 0 Å². The molecule has 1 N–H and O–H groups in total. The van der Waals surface area contributed by atoms with E-state index in [2.05, 4.69) is 26.2 Å². The number of benzene rings is 3. The number of hydrogen-bond acceptors (Lipinski definition) is 3. The van der Waals surface area contributed by atoms with Crippen molar-refractivity contribution in [3.63, 3.8) is 0 Å². The zero-order valence-electron chi connectivity index (χ0n) is 15.3. The van der Waals surface area contributed by atoms with E-state index in [9.17, 15) is 4.79 Å². The molecule has 0 saturated heterocycles. The van der Waals surface area contributed by atoms with Crippen molar-refractivity contribution in [2.24, 2.45) is 4.99 Å². The fourth-order valence-corrected chi connectivity index (χ4v) is 2.93. The van der Waals surface area contributed by atoms with Crippen molar-refractivity contribution < 1.29 is 9.53 Å². The molecule has 0 aliphatic rings. The van der Waals surface area contributed by atoms with E-state index in [0.29, 0.717) is 12.3 Å². The van der Waals surface area contributed by atoms with Crippen molar-refractivity contribution in [2.75, 3.05) is 13.2 Å². The zero-order valence-corrected chi connectivity index (χ0v) is 16.9. The van der Waals surface area contributed by atoms with Crippen LogP contribution >= 0.6 is 15.9 Å². The third kappa shape index (κ3) is 6.67. The van der Waals surface area contributed by atoms with E-state index in [1.165, 1.54) is 5.56 Å². The van der Waals surface area contributed by atoms with Gasteiger partial charge in [-0.25, -0.2) is 0 Å². The Hall–Kier alpha value is -2.92. The van der Waals surface area contributed by atoms with Crippen LogP contribution in [0.3, 0.4) is 0 Å². The Morgan fingerprint density at radius 1 is 1.00 bits per heavy atom. The fraction of sp³-hybridized carbons (Fsp3) is 0.130. The second-order valence-corrected chi connectivity index (χ2v) is 7.10. The fourth-order valence-electron chi connectivity index (χ4n) is 2.55. The maximum Gasteiger partial charge on any atom is 0.257 e. The highest BCUT2D eigenvalue weighted by molar-refractivity contribution is 9.10. The second-order valence-electron chi connectivity index (χ2n) is 6.18. The van der Waals surface area contributed by atoms with Gasteiger partial charge in [-0.05, 0) is 60.0 Å². The van der Waals surface area contributed by atoms with Crippen LogP contribution < -0.4 is 10.1 Å². The lowest BCUT2D eigenvalue weighted by Crippen LogP contribution is -2.30.